The molecule has 0 bridgehead atoms. The predicted molar refractivity (Wildman–Crippen MR) is 121 cm³/mol. The summed E-state index contributed by atoms with van der Waals surface area (Å²) in [6.45, 7) is 10.1. The van der Waals surface area contributed by atoms with Crippen molar-refractivity contribution in [1.29, 1.82) is 5.26 Å². The number of aryl methyl sites for hydroxylation is 3. The first kappa shape index (κ1) is 21.1. The second-order valence-corrected chi connectivity index (χ2v) is 7.78. The summed E-state index contributed by atoms with van der Waals surface area (Å²) >= 11 is 0. The molecular formula is C26H27N3O. The molecule has 0 aliphatic carbocycles. The molecule has 3 rings (SSSR count). The Labute approximate surface area is 178 Å². The quantitative estimate of drug-likeness (QED) is 0.457. The van der Waals surface area contributed by atoms with Crippen molar-refractivity contribution in [3.05, 3.63) is 93.8 Å². The van der Waals surface area contributed by atoms with Gasteiger partial charge in [0.2, 0.25) is 0 Å². The number of nitriles is 1. The van der Waals surface area contributed by atoms with Crippen LogP contribution in [0.15, 0.2) is 60.2 Å². The van der Waals surface area contributed by atoms with Crippen LogP contribution in [-0.4, -0.2) is 10.5 Å². The maximum absolute atomic E-state index is 12.7. The van der Waals surface area contributed by atoms with Crippen molar-refractivity contribution in [2.75, 3.05) is 0 Å². The summed E-state index contributed by atoms with van der Waals surface area (Å²) in [5.74, 6) is -0.370. The third-order valence-electron chi connectivity index (χ3n) is 5.25. The number of amides is 1. The molecule has 30 heavy (non-hydrogen) atoms. The number of aromatic nitrogens is 1. The molecule has 0 spiro atoms. The van der Waals surface area contributed by atoms with Gasteiger partial charge in [-0.1, -0.05) is 36.4 Å². The molecule has 0 unspecified atom stereocenters. The monoisotopic (exact) mass is 397 g/mol. The minimum absolute atomic E-state index is 0.0958. The van der Waals surface area contributed by atoms with Gasteiger partial charge >= 0.3 is 0 Å². The lowest BCUT2D eigenvalue weighted by molar-refractivity contribution is -0.117. The van der Waals surface area contributed by atoms with Gasteiger partial charge in [0.05, 0.1) is 6.04 Å². The van der Waals surface area contributed by atoms with Gasteiger partial charge in [-0.2, -0.15) is 5.26 Å². The number of nitrogens with zero attached hydrogens (tertiary/aromatic N) is 2. The zero-order valence-corrected chi connectivity index (χ0v) is 18.2. The molecule has 152 valence electrons. The number of nitrogens with one attached hydrogen (secondary N) is 1. The largest absolute Gasteiger partial charge is 0.345 e. The molecule has 4 nitrogen and oxygen atoms in total. The maximum Gasteiger partial charge on any atom is 0.262 e. The van der Waals surface area contributed by atoms with Gasteiger partial charge in [-0.25, -0.2) is 0 Å². The number of hydrogen-bond donors (Lipinski definition) is 1. The van der Waals surface area contributed by atoms with Crippen LogP contribution in [0.5, 0.6) is 0 Å². The highest BCUT2D eigenvalue weighted by Crippen LogP contribution is 2.24. The smallest absolute Gasteiger partial charge is 0.262 e. The molecule has 1 atom stereocenters. The highest BCUT2D eigenvalue weighted by molar-refractivity contribution is 6.02. The fourth-order valence-electron chi connectivity index (χ4n) is 3.81. The van der Waals surface area contributed by atoms with Crippen LogP contribution in [0.1, 0.15) is 46.6 Å². The molecule has 0 fully saturated rings. The Kier molecular flexibility index (Phi) is 6.23. The Morgan fingerprint density at radius 3 is 2.27 bits per heavy atom. The van der Waals surface area contributed by atoms with E-state index < -0.39 is 0 Å². The molecule has 1 amide bonds. The van der Waals surface area contributed by atoms with Crippen LogP contribution in [0.3, 0.4) is 0 Å². The molecular weight excluding hydrogens is 370 g/mol. The average molecular weight is 398 g/mol. The number of hydrogen-bond acceptors (Lipinski definition) is 2. The van der Waals surface area contributed by atoms with Crippen LogP contribution in [0.4, 0.5) is 0 Å². The summed E-state index contributed by atoms with van der Waals surface area (Å²) in [6, 6.07) is 20.0. The van der Waals surface area contributed by atoms with E-state index in [1.54, 1.807) is 6.08 Å². The van der Waals surface area contributed by atoms with Crippen molar-refractivity contribution in [3.63, 3.8) is 0 Å². The van der Waals surface area contributed by atoms with Crippen molar-refractivity contribution in [2.24, 2.45) is 0 Å². The van der Waals surface area contributed by atoms with Gasteiger partial charge < -0.3 is 9.88 Å². The van der Waals surface area contributed by atoms with Crippen LogP contribution in [0.2, 0.25) is 0 Å². The van der Waals surface area contributed by atoms with Gasteiger partial charge in [0.1, 0.15) is 11.6 Å². The summed E-state index contributed by atoms with van der Waals surface area (Å²) in [7, 11) is 0. The lowest BCUT2D eigenvalue weighted by Gasteiger charge is -2.14. The van der Waals surface area contributed by atoms with Gasteiger partial charge in [0, 0.05) is 17.1 Å². The molecule has 4 heteroatoms. The second kappa shape index (κ2) is 8.84. The maximum atomic E-state index is 12.7. The topological polar surface area (TPSA) is 57.8 Å². The normalized spacial score (nSPS) is 12.3. The Balaban J connectivity index is 1.91. The summed E-state index contributed by atoms with van der Waals surface area (Å²) in [5, 5.41) is 12.5. The molecule has 1 aromatic heterocycles. The van der Waals surface area contributed by atoms with Gasteiger partial charge in [0.25, 0.3) is 5.91 Å². The standard InChI is InChI=1S/C26H27N3O/c1-17-11-18(2)13-25(12-17)29-19(3)14-23(21(29)5)15-24(16-27)26(30)28-20(4)22-9-7-6-8-10-22/h6-15,20H,1-5H3,(H,28,30)/b24-15-/t20-/m0/s1. The predicted octanol–water partition coefficient (Wildman–Crippen LogP) is 5.50. The molecule has 0 radical (unpaired) electrons. The highest BCUT2D eigenvalue weighted by atomic mass is 16.1. The molecule has 0 saturated carbocycles. The van der Waals surface area contributed by atoms with Crippen LogP contribution in [-0.2, 0) is 4.79 Å². The Morgan fingerprint density at radius 1 is 1.03 bits per heavy atom. The SMILES string of the molecule is Cc1cc(C)cc(-n2c(C)cc(/C=C(/C#N)C(=O)N[C@@H](C)c3ccccc3)c2C)c1. The summed E-state index contributed by atoms with van der Waals surface area (Å²) < 4.78 is 2.16. The van der Waals surface area contributed by atoms with E-state index in [9.17, 15) is 10.1 Å². The number of rotatable bonds is 5. The van der Waals surface area contributed by atoms with E-state index in [2.05, 4.69) is 48.0 Å². The van der Waals surface area contributed by atoms with Crippen molar-refractivity contribution >= 4 is 12.0 Å². The zero-order chi connectivity index (χ0) is 21.8. The minimum atomic E-state index is -0.370. The second-order valence-electron chi connectivity index (χ2n) is 7.78. The molecule has 2 aromatic carbocycles. The van der Waals surface area contributed by atoms with Crippen LogP contribution in [0.25, 0.3) is 11.8 Å². The van der Waals surface area contributed by atoms with E-state index in [1.807, 2.05) is 57.2 Å². The van der Waals surface area contributed by atoms with E-state index in [4.69, 9.17) is 0 Å². The minimum Gasteiger partial charge on any atom is -0.345 e. The van der Waals surface area contributed by atoms with Crippen molar-refractivity contribution in [1.82, 2.24) is 9.88 Å². The molecule has 0 saturated heterocycles. The third kappa shape index (κ3) is 4.52. The fourth-order valence-corrected chi connectivity index (χ4v) is 3.81. The molecule has 1 heterocycles. The van der Waals surface area contributed by atoms with Crippen LogP contribution in [0, 0.1) is 39.0 Å². The van der Waals surface area contributed by atoms with E-state index in [0.717, 1.165) is 28.2 Å². The number of carbonyl (C=O) groups excluding carboxylic acids is 1. The first-order valence-electron chi connectivity index (χ1n) is 10.1. The van der Waals surface area contributed by atoms with Gasteiger partial charge in [0.15, 0.2) is 0 Å². The average Bonchev–Trinajstić information content (AvgIpc) is 2.98. The molecule has 1 N–H and O–H groups in total. The van der Waals surface area contributed by atoms with Gasteiger partial charge in [-0.15, -0.1) is 0 Å². The van der Waals surface area contributed by atoms with Crippen molar-refractivity contribution < 1.29 is 4.79 Å². The van der Waals surface area contributed by atoms with E-state index in [1.165, 1.54) is 11.1 Å². The van der Waals surface area contributed by atoms with E-state index in [0.29, 0.717) is 0 Å². The first-order chi connectivity index (χ1) is 14.3. The third-order valence-corrected chi connectivity index (χ3v) is 5.25. The summed E-state index contributed by atoms with van der Waals surface area (Å²) in [4.78, 5) is 12.7. The lowest BCUT2D eigenvalue weighted by Crippen LogP contribution is -2.27. The number of benzene rings is 2. The van der Waals surface area contributed by atoms with Crippen LogP contribution >= 0.6 is 0 Å². The first-order valence-corrected chi connectivity index (χ1v) is 10.1. The molecule has 0 aliphatic rings. The van der Waals surface area contributed by atoms with E-state index in [-0.39, 0.29) is 17.5 Å². The summed E-state index contributed by atoms with van der Waals surface area (Å²) in [6.07, 6.45) is 1.68. The zero-order valence-electron chi connectivity index (χ0n) is 18.2. The van der Waals surface area contributed by atoms with Crippen LogP contribution < -0.4 is 5.32 Å². The molecule has 3 aromatic rings. The Hall–Kier alpha value is -3.58. The molecule has 0 aliphatic heterocycles. The Bertz CT molecular complexity index is 1130. The van der Waals surface area contributed by atoms with E-state index >= 15 is 0 Å². The fraction of sp³-hybridized carbons (Fsp3) is 0.231. The lowest BCUT2D eigenvalue weighted by atomic mass is 10.1. The highest BCUT2D eigenvalue weighted by Gasteiger charge is 2.16. The van der Waals surface area contributed by atoms with Gasteiger partial charge in [-0.3, -0.25) is 4.79 Å². The van der Waals surface area contributed by atoms with Crippen molar-refractivity contribution in [2.45, 2.75) is 40.7 Å². The van der Waals surface area contributed by atoms with Gasteiger partial charge in [-0.05, 0) is 81.1 Å². The number of carbonyl (C=O) groups is 1. The van der Waals surface area contributed by atoms with Crippen molar-refractivity contribution in [3.8, 4) is 11.8 Å². The summed E-state index contributed by atoms with van der Waals surface area (Å²) in [5.41, 5.74) is 7.49. The Morgan fingerprint density at radius 2 is 1.67 bits per heavy atom.